The molecule has 2 nitrogen and oxygen atoms in total. The van der Waals surface area contributed by atoms with E-state index in [2.05, 4.69) is 83.1 Å². The van der Waals surface area contributed by atoms with Crippen molar-refractivity contribution < 1.29 is 4.43 Å². The maximum atomic E-state index is 7.02. The van der Waals surface area contributed by atoms with Gasteiger partial charge in [-0.05, 0) is 50.0 Å². The molecule has 30 heavy (non-hydrogen) atoms. The van der Waals surface area contributed by atoms with Gasteiger partial charge in [-0.3, -0.25) is 4.90 Å². The summed E-state index contributed by atoms with van der Waals surface area (Å²) in [5.41, 5.74) is 1.44. The number of benzene rings is 1. The molecule has 0 aliphatic carbocycles. The Morgan fingerprint density at radius 1 is 0.967 bits per heavy atom. The Bertz CT molecular complexity index is 595. The van der Waals surface area contributed by atoms with E-state index in [4.69, 9.17) is 4.43 Å². The van der Waals surface area contributed by atoms with E-state index >= 15 is 0 Å². The highest BCUT2D eigenvalue weighted by molar-refractivity contribution is 6.74. The Balaban J connectivity index is 1.98. The van der Waals surface area contributed by atoms with Crippen molar-refractivity contribution in [3.05, 3.63) is 35.9 Å². The first-order valence-electron chi connectivity index (χ1n) is 12.6. The minimum Gasteiger partial charge on any atom is -0.412 e. The van der Waals surface area contributed by atoms with Crippen LogP contribution in [0.25, 0.3) is 0 Å². The highest BCUT2D eigenvalue weighted by Gasteiger charge is 2.45. The lowest BCUT2D eigenvalue weighted by molar-refractivity contribution is 0.129. The summed E-state index contributed by atoms with van der Waals surface area (Å²) in [5, 5.41) is 0.263. The maximum Gasteiger partial charge on any atom is 0.192 e. The Labute approximate surface area is 188 Å². The molecule has 0 unspecified atom stereocenters. The molecule has 0 aromatic heterocycles. The lowest BCUT2D eigenvalue weighted by Crippen LogP contribution is -2.47. The van der Waals surface area contributed by atoms with Crippen molar-refractivity contribution in [2.45, 2.75) is 128 Å². The van der Waals surface area contributed by atoms with Gasteiger partial charge in [-0.1, -0.05) is 103 Å². The summed E-state index contributed by atoms with van der Waals surface area (Å²) in [7, 11) is 0.584. The lowest BCUT2D eigenvalue weighted by Gasteiger charge is -2.40. The molecule has 0 saturated carbocycles. The summed E-state index contributed by atoms with van der Waals surface area (Å²) in [4.78, 5) is 2.67. The van der Waals surface area contributed by atoms with Gasteiger partial charge in [-0.15, -0.1) is 0 Å². The normalized spacial score (nSPS) is 23.2. The van der Waals surface area contributed by atoms with Crippen LogP contribution in [-0.2, 0) is 10.8 Å². The molecule has 1 fully saturated rings. The van der Waals surface area contributed by atoms with E-state index in [1.54, 1.807) is 0 Å². The van der Waals surface area contributed by atoms with Crippen molar-refractivity contribution in [2.75, 3.05) is 7.05 Å². The smallest absolute Gasteiger partial charge is 0.192 e. The Hall–Kier alpha value is -0.643. The number of rotatable bonds is 12. The minimum absolute atomic E-state index is 0.263. The summed E-state index contributed by atoms with van der Waals surface area (Å²) >= 11 is 0. The van der Waals surface area contributed by atoms with Crippen molar-refractivity contribution in [3.63, 3.8) is 0 Å². The molecular formula is C27H49NOSi. The zero-order valence-electron chi connectivity index (χ0n) is 21.0. The quantitative estimate of drug-likeness (QED) is 0.247. The van der Waals surface area contributed by atoms with E-state index in [9.17, 15) is 0 Å². The van der Waals surface area contributed by atoms with E-state index in [1.807, 2.05) is 0 Å². The fourth-order valence-electron chi connectivity index (χ4n) is 4.60. The number of hydrogen-bond donors (Lipinski definition) is 0. The first kappa shape index (κ1) is 25.6. The molecule has 0 bridgehead atoms. The minimum atomic E-state index is -1.77. The number of likely N-dealkylation sites (N-methyl/N-ethyl adjacent to an activating group) is 1. The summed E-state index contributed by atoms with van der Waals surface area (Å²) in [5.74, 6) is 0. The van der Waals surface area contributed by atoms with Crippen LogP contribution >= 0.6 is 0 Å². The largest absolute Gasteiger partial charge is 0.412 e. The molecule has 0 N–H and O–H groups in total. The second-order valence-corrected chi connectivity index (χ2v) is 15.9. The van der Waals surface area contributed by atoms with Crippen LogP contribution in [0.4, 0.5) is 0 Å². The number of likely N-dealkylation sites (tertiary alicyclic amines) is 1. The fourth-order valence-corrected chi connectivity index (χ4v) is 5.96. The van der Waals surface area contributed by atoms with Crippen molar-refractivity contribution in [1.29, 1.82) is 0 Å². The summed E-state index contributed by atoms with van der Waals surface area (Å²) < 4.78 is 7.02. The van der Waals surface area contributed by atoms with Gasteiger partial charge in [0.15, 0.2) is 8.32 Å². The van der Waals surface area contributed by atoms with E-state index < -0.39 is 8.32 Å². The van der Waals surface area contributed by atoms with Gasteiger partial charge in [0.25, 0.3) is 0 Å². The topological polar surface area (TPSA) is 12.5 Å². The first-order valence-corrected chi connectivity index (χ1v) is 15.5. The number of unbranched alkanes of at least 4 members (excludes halogenated alkanes) is 6. The maximum absolute atomic E-state index is 7.02. The lowest BCUT2D eigenvalue weighted by atomic mass is 10.0. The Morgan fingerprint density at radius 2 is 1.57 bits per heavy atom. The van der Waals surface area contributed by atoms with E-state index in [0.29, 0.717) is 18.2 Å². The molecular weight excluding hydrogens is 382 g/mol. The molecule has 0 radical (unpaired) electrons. The predicted octanol–water partition coefficient (Wildman–Crippen LogP) is 7.83. The van der Waals surface area contributed by atoms with Crippen molar-refractivity contribution in [1.82, 2.24) is 4.90 Å². The molecule has 0 amide bonds. The van der Waals surface area contributed by atoms with Gasteiger partial charge in [0.1, 0.15) is 0 Å². The van der Waals surface area contributed by atoms with Crippen LogP contribution in [-0.4, -0.2) is 38.5 Å². The fraction of sp³-hybridized carbons (Fsp3) is 0.778. The molecule has 1 saturated heterocycles. The molecule has 172 valence electrons. The molecule has 3 atom stereocenters. The molecule has 1 aromatic carbocycles. The van der Waals surface area contributed by atoms with Crippen molar-refractivity contribution >= 4 is 8.32 Å². The predicted molar refractivity (Wildman–Crippen MR) is 135 cm³/mol. The average Bonchev–Trinajstić information content (AvgIpc) is 2.95. The van der Waals surface area contributed by atoms with Gasteiger partial charge >= 0.3 is 0 Å². The van der Waals surface area contributed by atoms with Gasteiger partial charge in [0, 0.05) is 12.1 Å². The van der Waals surface area contributed by atoms with Gasteiger partial charge in [-0.2, -0.15) is 0 Å². The second-order valence-electron chi connectivity index (χ2n) is 11.1. The third kappa shape index (κ3) is 7.49. The van der Waals surface area contributed by atoms with Crippen LogP contribution in [0.2, 0.25) is 18.1 Å². The van der Waals surface area contributed by atoms with Crippen LogP contribution in [0.15, 0.2) is 30.3 Å². The molecule has 1 aliphatic rings. The third-order valence-corrected chi connectivity index (χ3v) is 12.2. The van der Waals surface area contributed by atoms with Crippen molar-refractivity contribution in [3.8, 4) is 0 Å². The van der Waals surface area contributed by atoms with Gasteiger partial charge in [-0.25, -0.2) is 0 Å². The van der Waals surface area contributed by atoms with Gasteiger partial charge < -0.3 is 4.43 Å². The molecule has 1 aliphatic heterocycles. The van der Waals surface area contributed by atoms with Gasteiger partial charge in [0.2, 0.25) is 0 Å². The van der Waals surface area contributed by atoms with Crippen molar-refractivity contribution in [2.24, 2.45) is 0 Å². The van der Waals surface area contributed by atoms with Gasteiger partial charge in [0.05, 0.1) is 6.10 Å². The highest BCUT2D eigenvalue weighted by atomic mass is 28.4. The summed E-state index contributed by atoms with van der Waals surface area (Å²) in [6, 6.07) is 12.2. The van der Waals surface area contributed by atoms with Crippen LogP contribution in [0, 0.1) is 0 Å². The zero-order valence-corrected chi connectivity index (χ0v) is 22.0. The summed E-state index contributed by atoms with van der Waals surface area (Å²) in [6.45, 7) is 14.2. The van der Waals surface area contributed by atoms with E-state index in [-0.39, 0.29) is 5.04 Å². The summed E-state index contributed by atoms with van der Waals surface area (Å²) in [6.07, 6.45) is 13.7. The Kier molecular flexibility index (Phi) is 10.1. The molecule has 3 heteroatoms. The molecule has 0 spiro atoms. The molecule has 1 heterocycles. The van der Waals surface area contributed by atoms with Crippen LogP contribution in [0.3, 0.4) is 0 Å². The number of hydrogen-bond acceptors (Lipinski definition) is 2. The highest BCUT2D eigenvalue weighted by Crippen LogP contribution is 2.41. The third-order valence-electron chi connectivity index (χ3n) is 7.71. The first-order chi connectivity index (χ1) is 14.2. The van der Waals surface area contributed by atoms with Crippen LogP contribution < -0.4 is 0 Å². The van der Waals surface area contributed by atoms with E-state index in [0.717, 1.165) is 6.42 Å². The Morgan fingerprint density at radius 3 is 2.17 bits per heavy atom. The molecule has 2 rings (SSSR count). The molecule has 1 aromatic rings. The van der Waals surface area contributed by atoms with Crippen LogP contribution in [0.1, 0.15) is 91.0 Å². The monoisotopic (exact) mass is 431 g/mol. The standard InChI is InChI=1S/C27H49NOSi/c1-8-9-10-11-12-13-17-20-24-22-26(29-30(6,7)27(2,3)4)25(28(24)5)21-23-18-15-14-16-19-23/h14-16,18-19,24-26H,8-13,17,20-22H2,1-7H3/t24-,25+,26+/m1/s1. The van der Waals surface area contributed by atoms with Crippen LogP contribution in [0.5, 0.6) is 0 Å². The SMILES string of the molecule is CCCCCCCCC[C@@H]1C[C@H](O[Si](C)(C)C(C)(C)C)[C@H](Cc2ccccc2)N1C. The second kappa shape index (κ2) is 11.8. The number of nitrogens with zero attached hydrogens (tertiary/aromatic N) is 1. The van der Waals surface area contributed by atoms with E-state index in [1.165, 1.54) is 63.4 Å². The zero-order chi connectivity index (χ0) is 22.2. The average molecular weight is 432 g/mol.